The fourth-order valence-corrected chi connectivity index (χ4v) is 23.0. The van der Waals surface area contributed by atoms with Crippen LogP contribution in [0, 0.1) is 0 Å². The molecule has 27 rings (SSSR count). The van der Waals surface area contributed by atoms with Gasteiger partial charge >= 0.3 is 0 Å². The van der Waals surface area contributed by atoms with Gasteiger partial charge in [0, 0.05) is 152 Å². The van der Waals surface area contributed by atoms with Crippen LogP contribution in [-0.4, -0.2) is 43.6 Å². The maximum Gasteiger partial charge on any atom is 0.164 e. The van der Waals surface area contributed by atoms with E-state index in [1.165, 1.54) is 142 Å². The van der Waals surface area contributed by atoms with Gasteiger partial charge in [0.05, 0.1) is 33.1 Å². The lowest BCUT2D eigenvalue weighted by Crippen LogP contribution is -1.99. The Kier molecular flexibility index (Phi) is 17.3. The predicted molar refractivity (Wildman–Crippen MR) is 533 cm³/mol. The number of nitrogens with zero attached hydrogens (tertiary/aromatic N) is 9. The first-order valence-electron chi connectivity index (χ1n) is 42.3. The van der Waals surface area contributed by atoms with Crippen LogP contribution < -0.4 is 0 Å². The van der Waals surface area contributed by atoms with Crippen LogP contribution in [0.15, 0.2) is 419 Å². The van der Waals surface area contributed by atoms with Gasteiger partial charge in [0.2, 0.25) is 0 Å². The highest BCUT2D eigenvalue weighted by Crippen LogP contribution is 2.49. The molecule has 0 atom stereocenters. The standard InChI is InChI=1S/3C38H23N3S/c1-3-16-31-28(13-1)29-14-2-4-17-32(29)36-35(31)40-38(25-11-9-21-39-23-25)41(36)26-12-7-10-24(22-26)27-18-8-19-33-30-15-5-6-20-34(30)42-37(27)33;1-3-14-31-28(11-1)29-12-2-4-15-32(29)36-35(31)40-38(24-19-21-39-22-20-24)41(36)26-10-7-9-25(23-26)27-16-8-17-33-30-13-5-6-18-34(30)42-37(27)33;1-3-16-30-27(13-1)28-14-2-4-17-31(28)36-35(30)40-38(33-20-7-8-22-39-33)41(36)25-12-9-11-24(23-25)26-18-10-19-32-29-15-5-6-21-34(29)42-37(26)32/h3*1-23H. The van der Waals surface area contributed by atoms with Crippen molar-refractivity contribution < 1.29 is 0 Å². The molecule has 0 saturated heterocycles. The summed E-state index contributed by atoms with van der Waals surface area (Å²) in [7, 11) is 0. The molecule has 12 heteroatoms. The Morgan fingerprint density at radius 1 is 0.198 bits per heavy atom. The average molecular weight is 1660 g/mol. The van der Waals surface area contributed by atoms with Gasteiger partial charge in [0.15, 0.2) is 5.82 Å². The number of pyridine rings is 3. The van der Waals surface area contributed by atoms with E-state index < -0.39 is 0 Å². The molecular formula is C114H69N9S3. The average Bonchev–Trinajstić information content (AvgIpc) is 1.52. The van der Waals surface area contributed by atoms with E-state index in [2.05, 4.69) is 376 Å². The van der Waals surface area contributed by atoms with Gasteiger partial charge in [-0.15, -0.1) is 34.0 Å². The Morgan fingerprint density at radius 3 is 0.881 bits per heavy atom. The maximum absolute atomic E-state index is 5.36. The van der Waals surface area contributed by atoms with E-state index in [4.69, 9.17) is 19.9 Å². The van der Waals surface area contributed by atoms with Gasteiger partial charge in [0.25, 0.3) is 0 Å². The quantitative estimate of drug-likeness (QED) is 0.134. The summed E-state index contributed by atoms with van der Waals surface area (Å²) < 4.78 is 14.9. The molecule has 0 saturated carbocycles. The van der Waals surface area contributed by atoms with E-state index in [1.54, 1.807) is 0 Å². The van der Waals surface area contributed by atoms with Crippen LogP contribution in [0.25, 0.3) is 243 Å². The van der Waals surface area contributed by atoms with Crippen LogP contribution in [0.1, 0.15) is 0 Å². The van der Waals surface area contributed by atoms with Crippen molar-refractivity contribution in [2.24, 2.45) is 0 Å². The van der Waals surface area contributed by atoms with Gasteiger partial charge in [0.1, 0.15) is 17.3 Å². The largest absolute Gasteiger partial charge is 0.292 e. The smallest absolute Gasteiger partial charge is 0.164 e. The minimum Gasteiger partial charge on any atom is -0.292 e. The summed E-state index contributed by atoms with van der Waals surface area (Å²) in [6.07, 6.45) is 9.24. The second kappa shape index (κ2) is 30.0. The second-order valence-corrected chi connectivity index (χ2v) is 35.0. The van der Waals surface area contributed by atoms with Gasteiger partial charge in [-0.2, -0.15) is 0 Å². The molecule has 0 unspecified atom stereocenters. The van der Waals surface area contributed by atoms with Crippen molar-refractivity contribution in [3.05, 3.63) is 419 Å². The zero-order valence-electron chi connectivity index (χ0n) is 67.6. The zero-order valence-corrected chi connectivity index (χ0v) is 70.0. The fraction of sp³-hybridized carbons (Fsp3) is 0. The molecule has 18 aromatic carbocycles. The molecule has 126 heavy (non-hydrogen) atoms. The molecule has 0 amide bonds. The minimum absolute atomic E-state index is 0.837. The first-order valence-corrected chi connectivity index (χ1v) is 44.7. The first-order chi connectivity index (χ1) is 62.5. The molecular weight excluding hydrogens is 1590 g/mol. The van der Waals surface area contributed by atoms with Gasteiger partial charge in [-0.05, 0) is 157 Å². The molecule has 0 aliphatic carbocycles. The molecule has 0 aliphatic rings. The number of hydrogen-bond acceptors (Lipinski definition) is 9. The summed E-state index contributed by atoms with van der Waals surface area (Å²) in [4.78, 5) is 29.5. The zero-order chi connectivity index (χ0) is 82.9. The Labute approximate surface area is 734 Å². The molecule has 0 radical (unpaired) electrons. The maximum atomic E-state index is 5.36. The Hall–Kier alpha value is -16.0. The summed E-state index contributed by atoms with van der Waals surface area (Å²) in [5.41, 5.74) is 19.7. The Balaban J connectivity index is 0.000000103. The molecule has 0 spiro atoms. The van der Waals surface area contributed by atoms with Crippen LogP contribution in [0.3, 0.4) is 0 Å². The van der Waals surface area contributed by atoms with Crippen molar-refractivity contribution in [2.75, 3.05) is 0 Å². The lowest BCUT2D eigenvalue weighted by Gasteiger charge is -2.14. The summed E-state index contributed by atoms with van der Waals surface area (Å²) in [5, 5.41) is 22.2. The van der Waals surface area contributed by atoms with Crippen molar-refractivity contribution in [2.45, 2.75) is 0 Å². The Bertz CT molecular complexity index is 8240. The minimum atomic E-state index is 0.837. The SMILES string of the molecule is c1cc(-c2cccc3c2sc2ccccc23)cc(-n2c(-c3ccncc3)nc3c4ccccc4c4ccccc4c32)c1.c1ccc(-c2nc3c4ccccc4c4ccccc4c3n2-c2cccc(-c3cccc4c3sc3ccccc34)c2)nc1.c1cncc(-c2nc3c4ccccc4c4ccccc4c3n2-c2cccc(-c3cccc4c3sc3ccccc34)c2)c1. The molecule has 0 N–H and O–H groups in total. The van der Waals surface area contributed by atoms with Crippen molar-refractivity contribution >= 4 is 192 Å². The fourth-order valence-electron chi connectivity index (χ4n) is 19.3. The normalized spacial score (nSPS) is 11.8. The van der Waals surface area contributed by atoms with Crippen LogP contribution in [0.2, 0.25) is 0 Å². The number of benzene rings is 18. The molecule has 0 fully saturated rings. The van der Waals surface area contributed by atoms with E-state index >= 15 is 0 Å². The Morgan fingerprint density at radius 2 is 0.508 bits per heavy atom. The monoisotopic (exact) mass is 1660 g/mol. The molecule has 0 bridgehead atoms. The summed E-state index contributed by atoms with van der Waals surface area (Å²) in [6.45, 7) is 0. The van der Waals surface area contributed by atoms with Crippen LogP contribution in [0.5, 0.6) is 0 Å². The van der Waals surface area contributed by atoms with E-state index in [0.29, 0.717) is 0 Å². The summed E-state index contributed by atoms with van der Waals surface area (Å²) in [6, 6.07) is 139. The van der Waals surface area contributed by atoms with Crippen molar-refractivity contribution in [1.82, 2.24) is 43.6 Å². The van der Waals surface area contributed by atoms with Gasteiger partial charge < -0.3 is 0 Å². The summed E-state index contributed by atoms with van der Waals surface area (Å²) >= 11 is 5.59. The highest BCUT2D eigenvalue weighted by molar-refractivity contribution is 7.27. The second-order valence-electron chi connectivity index (χ2n) is 31.9. The molecule has 588 valence electrons. The number of aromatic nitrogens is 9. The van der Waals surface area contributed by atoms with E-state index in [-0.39, 0.29) is 0 Å². The topological polar surface area (TPSA) is 92.1 Å². The third kappa shape index (κ3) is 11.9. The van der Waals surface area contributed by atoms with Crippen molar-refractivity contribution in [1.29, 1.82) is 0 Å². The molecule has 9 aromatic heterocycles. The molecule has 27 aromatic rings. The van der Waals surface area contributed by atoms with Crippen molar-refractivity contribution in [3.8, 4) is 84.7 Å². The van der Waals surface area contributed by atoms with Gasteiger partial charge in [-0.1, -0.05) is 297 Å². The third-order valence-corrected chi connectivity index (χ3v) is 28.5. The predicted octanol–water partition coefficient (Wildman–Crippen LogP) is 31.3. The first kappa shape index (κ1) is 72.8. The summed E-state index contributed by atoms with van der Waals surface area (Å²) in [5.74, 6) is 2.63. The van der Waals surface area contributed by atoms with Crippen LogP contribution in [0.4, 0.5) is 0 Å². The third-order valence-electron chi connectivity index (χ3n) is 24.8. The molecule has 9 heterocycles. The number of hydrogen-bond donors (Lipinski definition) is 0. The van der Waals surface area contributed by atoms with Crippen LogP contribution in [-0.2, 0) is 0 Å². The molecule has 9 nitrogen and oxygen atoms in total. The van der Waals surface area contributed by atoms with Crippen molar-refractivity contribution in [3.63, 3.8) is 0 Å². The van der Waals surface area contributed by atoms with E-state index in [0.717, 1.165) is 101 Å². The lowest BCUT2D eigenvalue weighted by atomic mass is 9.99. The highest BCUT2D eigenvalue weighted by Gasteiger charge is 2.27. The lowest BCUT2D eigenvalue weighted by molar-refractivity contribution is 1.08. The van der Waals surface area contributed by atoms with Crippen LogP contribution >= 0.6 is 34.0 Å². The van der Waals surface area contributed by atoms with E-state index in [9.17, 15) is 0 Å². The van der Waals surface area contributed by atoms with E-state index in [1.807, 2.05) is 101 Å². The highest BCUT2D eigenvalue weighted by atomic mass is 32.1. The number of fused-ring (bicyclic) bond motifs is 27. The number of rotatable bonds is 9. The number of thiophene rings is 3. The van der Waals surface area contributed by atoms with Gasteiger partial charge in [-0.3, -0.25) is 28.7 Å². The number of imidazole rings is 3. The molecule has 0 aliphatic heterocycles. The van der Waals surface area contributed by atoms with Gasteiger partial charge in [-0.25, -0.2) is 15.0 Å².